The molecule has 9 heteroatoms. The summed E-state index contributed by atoms with van der Waals surface area (Å²) in [6.45, 7) is 6.23. The summed E-state index contributed by atoms with van der Waals surface area (Å²) < 4.78 is 38.0. The van der Waals surface area contributed by atoms with Crippen molar-refractivity contribution >= 4 is 17.1 Å². The normalized spacial score (nSPS) is 12.7. The molecule has 0 unspecified atom stereocenters. The Balaban J connectivity index is 2.13. The molecule has 0 saturated heterocycles. The Morgan fingerprint density at radius 3 is 2.52 bits per heavy atom. The summed E-state index contributed by atoms with van der Waals surface area (Å²) in [5.74, 6) is -2.00. The fraction of sp³-hybridized carbons (Fsp3) is 0.500. The first kappa shape index (κ1) is 15.6. The minimum absolute atomic E-state index is 0.103. The van der Waals surface area contributed by atoms with E-state index in [1.54, 1.807) is 0 Å². The Morgan fingerprint density at radius 2 is 2.00 bits per heavy atom. The Hall–Kier alpha value is -1.77. The number of carbonyl (C=O) groups excluding carboxylic acids is 1. The van der Waals surface area contributed by atoms with Crippen molar-refractivity contribution in [1.29, 1.82) is 0 Å². The van der Waals surface area contributed by atoms with Gasteiger partial charge in [0.2, 0.25) is 0 Å². The number of ketones is 1. The van der Waals surface area contributed by atoms with Crippen LogP contribution in [0.25, 0.3) is 0 Å². The molecule has 0 aliphatic carbocycles. The van der Waals surface area contributed by atoms with Crippen molar-refractivity contribution in [3.63, 3.8) is 0 Å². The Bertz CT molecular complexity index is 654. The van der Waals surface area contributed by atoms with Crippen LogP contribution in [0.2, 0.25) is 0 Å². The Labute approximate surface area is 122 Å². The smallest absolute Gasteiger partial charge is 0.282 e. The maximum Gasteiger partial charge on any atom is 0.456 e. The van der Waals surface area contributed by atoms with E-state index in [2.05, 4.69) is 15.3 Å². The third-order valence-corrected chi connectivity index (χ3v) is 3.48. The van der Waals surface area contributed by atoms with Gasteiger partial charge in [-0.05, 0) is 0 Å². The summed E-state index contributed by atoms with van der Waals surface area (Å²) in [6, 6.07) is 0. The largest absolute Gasteiger partial charge is 0.456 e. The fourth-order valence-electron chi connectivity index (χ4n) is 1.49. The third kappa shape index (κ3) is 3.66. The van der Waals surface area contributed by atoms with E-state index in [-0.39, 0.29) is 12.0 Å². The van der Waals surface area contributed by atoms with Crippen molar-refractivity contribution in [3.05, 3.63) is 28.0 Å². The highest BCUT2D eigenvalue weighted by atomic mass is 32.1. The van der Waals surface area contributed by atoms with Gasteiger partial charge in [-0.3, -0.25) is 4.79 Å². The monoisotopic (exact) mass is 318 g/mol. The van der Waals surface area contributed by atoms with Crippen LogP contribution in [0.15, 0.2) is 11.6 Å². The van der Waals surface area contributed by atoms with Gasteiger partial charge in [-0.2, -0.15) is 13.2 Å². The van der Waals surface area contributed by atoms with Crippen molar-refractivity contribution in [3.8, 4) is 0 Å². The molecule has 0 aromatic carbocycles. The molecule has 0 aliphatic heterocycles. The van der Waals surface area contributed by atoms with Gasteiger partial charge >= 0.3 is 6.18 Å². The lowest BCUT2D eigenvalue weighted by Crippen LogP contribution is -2.23. The standard InChI is InChI=1S/C12H13F3N4OS/c1-11(2,3)8-6-21-9(16-8)5-19-4-7(17-18-19)10(20)12(13,14)15/h4,6H,5H2,1-3H3. The lowest BCUT2D eigenvalue weighted by atomic mass is 9.93. The summed E-state index contributed by atoms with van der Waals surface area (Å²) in [5.41, 5.74) is 0.0819. The quantitative estimate of drug-likeness (QED) is 0.817. The highest BCUT2D eigenvalue weighted by Crippen LogP contribution is 2.24. The molecule has 114 valence electrons. The zero-order valence-electron chi connectivity index (χ0n) is 11.6. The van der Waals surface area contributed by atoms with Crippen LogP contribution in [0.4, 0.5) is 13.2 Å². The first-order chi connectivity index (χ1) is 9.57. The van der Waals surface area contributed by atoms with E-state index in [4.69, 9.17) is 0 Å². The third-order valence-electron chi connectivity index (χ3n) is 2.65. The van der Waals surface area contributed by atoms with Crippen LogP contribution in [-0.4, -0.2) is 31.9 Å². The molecule has 0 atom stereocenters. The van der Waals surface area contributed by atoms with Crippen LogP contribution in [0.1, 0.15) is 42.0 Å². The molecule has 0 spiro atoms. The predicted octanol–water partition coefficient (Wildman–Crippen LogP) is 2.83. The molecule has 0 N–H and O–H groups in total. The molecule has 21 heavy (non-hydrogen) atoms. The van der Waals surface area contributed by atoms with Crippen LogP contribution in [0.3, 0.4) is 0 Å². The molecule has 2 aromatic heterocycles. The Kier molecular flexibility index (Phi) is 3.87. The lowest BCUT2D eigenvalue weighted by molar-refractivity contribution is -0.0888. The Morgan fingerprint density at radius 1 is 1.33 bits per heavy atom. The number of thiazole rings is 1. The van der Waals surface area contributed by atoms with Gasteiger partial charge in [0, 0.05) is 10.8 Å². The average molecular weight is 318 g/mol. The van der Waals surface area contributed by atoms with Crippen LogP contribution in [-0.2, 0) is 12.0 Å². The van der Waals surface area contributed by atoms with E-state index < -0.39 is 17.7 Å². The first-order valence-electron chi connectivity index (χ1n) is 6.04. The second kappa shape index (κ2) is 5.21. The number of carbonyl (C=O) groups is 1. The van der Waals surface area contributed by atoms with Gasteiger partial charge in [-0.15, -0.1) is 16.4 Å². The molecular weight excluding hydrogens is 305 g/mol. The van der Waals surface area contributed by atoms with Gasteiger partial charge in [-0.25, -0.2) is 9.67 Å². The highest BCUT2D eigenvalue weighted by Gasteiger charge is 2.41. The SMILES string of the molecule is CC(C)(C)c1csc(Cn2cc(C(=O)C(F)(F)F)nn2)n1. The topological polar surface area (TPSA) is 60.7 Å². The second-order valence-electron chi connectivity index (χ2n) is 5.50. The molecule has 0 aliphatic rings. The van der Waals surface area contributed by atoms with Crippen LogP contribution >= 0.6 is 11.3 Å². The van der Waals surface area contributed by atoms with Gasteiger partial charge in [0.05, 0.1) is 18.4 Å². The summed E-state index contributed by atoms with van der Waals surface area (Å²) in [6.07, 6.45) is -3.96. The minimum atomic E-state index is -4.94. The molecule has 2 rings (SSSR count). The maximum atomic E-state index is 12.3. The number of rotatable bonds is 3. The van der Waals surface area contributed by atoms with Gasteiger partial charge in [-0.1, -0.05) is 26.0 Å². The number of hydrogen-bond donors (Lipinski definition) is 0. The van der Waals surface area contributed by atoms with Crippen LogP contribution in [0.5, 0.6) is 0 Å². The van der Waals surface area contributed by atoms with Crippen LogP contribution in [0, 0.1) is 0 Å². The second-order valence-corrected chi connectivity index (χ2v) is 6.45. The van der Waals surface area contributed by atoms with Crippen molar-refractivity contribution in [2.75, 3.05) is 0 Å². The minimum Gasteiger partial charge on any atom is -0.282 e. The number of alkyl halides is 3. The molecule has 5 nitrogen and oxygen atoms in total. The summed E-state index contributed by atoms with van der Waals surface area (Å²) in [5, 5.41) is 9.37. The van der Waals surface area contributed by atoms with Crippen molar-refractivity contribution < 1.29 is 18.0 Å². The number of hydrogen-bond acceptors (Lipinski definition) is 5. The fourth-order valence-corrected chi connectivity index (χ4v) is 2.50. The van der Waals surface area contributed by atoms with Gasteiger partial charge in [0.25, 0.3) is 5.78 Å². The van der Waals surface area contributed by atoms with Gasteiger partial charge in [0.1, 0.15) is 5.01 Å². The first-order valence-corrected chi connectivity index (χ1v) is 6.92. The van der Waals surface area contributed by atoms with E-state index >= 15 is 0 Å². The van der Waals surface area contributed by atoms with E-state index in [1.165, 1.54) is 16.0 Å². The number of halogens is 3. The van der Waals surface area contributed by atoms with Crippen molar-refractivity contribution in [2.45, 2.75) is 38.9 Å². The van der Waals surface area contributed by atoms with Crippen LogP contribution < -0.4 is 0 Å². The molecule has 2 aromatic rings. The molecular formula is C12H13F3N4OS. The molecule has 0 radical (unpaired) electrons. The van der Waals surface area contributed by atoms with E-state index in [9.17, 15) is 18.0 Å². The zero-order chi connectivity index (χ0) is 15.8. The number of Topliss-reactive ketones (excluding diaryl/α,β-unsaturated/α-hetero) is 1. The average Bonchev–Trinajstić information content (AvgIpc) is 2.95. The highest BCUT2D eigenvalue weighted by molar-refractivity contribution is 7.09. The number of aromatic nitrogens is 4. The molecule has 2 heterocycles. The summed E-state index contributed by atoms with van der Waals surface area (Å²) >= 11 is 1.39. The van der Waals surface area contributed by atoms with Crippen molar-refractivity contribution in [2.24, 2.45) is 0 Å². The van der Waals surface area contributed by atoms with E-state index in [0.717, 1.165) is 11.9 Å². The van der Waals surface area contributed by atoms with Gasteiger partial charge in [0.15, 0.2) is 5.69 Å². The number of nitrogens with zero attached hydrogens (tertiary/aromatic N) is 4. The zero-order valence-corrected chi connectivity index (χ0v) is 12.4. The lowest BCUT2D eigenvalue weighted by Gasteiger charge is -2.14. The molecule has 0 fully saturated rings. The van der Waals surface area contributed by atoms with Gasteiger partial charge < -0.3 is 0 Å². The predicted molar refractivity (Wildman–Crippen MR) is 70.3 cm³/mol. The molecule has 0 amide bonds. The molecule has 0 bridgehead atoms. The molecule has 0 saturated carbocycles. The van der Waals surface area contributed by atoms with E-state index in [1.807, 2.05) is 26.2 Å². The van der Waals surface area contributed by atoms with Crippen molar-refractivity contribution in [1.82, 2.24) is 20.0 Å². The summed E-state index contributed by atoms with van der Waals surface area (Å²) in [4.78, 5) is 15.4. The summed E-state index contributed by atoms with van der Waals surface area (Å²) in [7, 11) is 0. The maximum absolute atomic E-state index is 12.3. The van der Waals surface area contributed by atoms with E-state index in [0.29, 0.717) is 5.01 Å².